The molecule has 21 heavy (non-hydrogen) atoms. The van der Waals surface area contributed by atoms with Crippen molar-refractivity contribution >= 4 is 17.3 Å². The molecule has 0 saturated carbocycles. The first-order valence-electron chi connectivity index (χ1n) is 6.21. The van der Waals surface area contributed by atoms with E-state index < -0.39 is 0 Å². The first kappa shape index (κ1) is 13.2. The number of aromatic nitrogens is 3. The molecule has 4 nitrogen and oxygen atoms in total. The van der Waals surface area contributed by atoms with Crippen LogP contribution < -0.4 is 0 Å². The molecule has 0 bridgehead atoms. The molecular weight excluding hydrogens is 284 g/mol. The van der Waals surface area contributed by atoms with Gasteiger partial charge in [-0.25, -0.2) is 9.83 Å². The lowest BCUT2D eigenvalue weighted by molar-refractivity contribution is 1.07. The fraction of sp³-hybridized carbons (Fsp3) is 0. The standard InChI is InChI=1S/C16H9ClN4/c1-18-13-9-5-8-12(10-13)15-19-14(20-16(17)21-15)11-6-3-2-4-7-11/h2-10H. The van der Waals surface area contributed by atoms with E-state index in [4.69, 9.17) is 18.2 Å². The van der Waals surface area contributed by atoms with Crippen LogP contribution in [0.4, 0.5) is 5.69 Å². The molecule has 0 aliphatic carbocycles. The summed E-state index contributed by atoms with van der Waals surface area (Å²) < 4.78 is 0. The Bertz CT molecular complexity index is 825. The number of benzene rings is 2. The van der Waals surface area contributed by atoms with Crippen molar-refractivity contribution in [3.8, 4) is 22.8 Å². The van der Waals surface area contributed by atoms with E-state index in [1.165, 1.54) is 0 Å². The highest BCUT2D eigenvalue weighted by molar-refractivity contribution is 6.28. The van der Waals surface area contributed by atoms with Crippen molar-refractivity contribution in [2.45, 2.75) is 0 Å². The Morgan fingerprint density at radius 2 is 1.48 bits per heavy atom. The molecule has 0 N–H and O–H groups in total. The summed E-state index contributed by atoms with van der Waals surface area (Å²) in [5.41, 5.74) is 2.14. The molecule has 1 aromatic heterocycles. The molecule has 1 heterocycles. The SMILES string of the molecule is [C-]#[N+]c1cccc(-c2nc(Cl)nc(-c3ccccc3)n2)c1. The zero-order chi connectivity index (χ0) is 14.7. The summed E-state index contributed by atoms with van der Waals surface area (Å²) in [6.07, 6.45) is 0. The van der Waals surface area contributed by atoms with E-state index in [0.717, 1.165) is 11.1 Å². The quantitative estimate of drug-likeness (QED) is 0.657. The molecule has 0 aliphatic heterocycles. The fourth-order valence-electron chi connectivity index (χ4n) is 1.91. The molecule has 5 heteroatoms. The predicted octanol–water partition coefficient (Wildman–Crippen LogP) is 4.41. The summed E-state index contributed by atoms with van der Waals surface area (Å²) >= 11 is 6.00. The average Bonchev–Trinajstić information content (AvgIpc) is 2.55. The normalized spacial score (nSPS) is 10.1. The first-order chi connectivity index (χ1) is 10.3. The molecule has 2 aromatic carbocycles. The number of halogens is 1. The van der Waals surface area contributed by atoms with E-state index in [-0.39, 0.29) is 5.28 Å². The highest BCUT2D eigenvalue weighted by Crippen LogP contribution is 2.24. The Morgan fingerprint density at radius 3 is 2.19 bits per heavy atom. The van der Waals surface area contributed by atoms with Crippen LogP contribution in [0.5, 0.6) is 0 Å². The zero-order valence-corrected chi connectivity index (χ0v) is 11.6. The van der Waals surface area contributed by atoms with Crippen LogP contribution in [0.2, 0.25) is 5.28 Å². The molecule has 3 aromatic rings. The Kier molecular flexibility index (Phi) is 3.59. The van der Waals surface area contributed by atoms with Gasteiger partial charge in [0.1, 0.15) is 0 Å². The van der Waals surface area contributed by atoms with Gasteiger partial charge in [0.2, 0.25) is 5.28 Å². The van der Waals surface area contributed by atoms with Crippen LogP contribution in [-0.2, 0) is 0 Å². The van der Waals surface area contributed by atoms with Gasteiger partial charge in [0.15, 0.2) is 17.3 Å². The largest absolute Gasteiger partial charge is 0.238 e. The Morgan fingerprint density at radius 1 is 0.810 bits per heavy atom. The van der Waals surface area contributed by atoms with Gasteiger partial charge < -0.3 is 0 Å². The maximum Gasteiger partial charge on any atom is 0.226 e. The lowest BCUT2D eigenvalue weighted by Crippen LogP contribution is -1.96. The molecule has 0 saturated heterocycles. The smallest absolute Gasteiger partial charge is 0.226 e. The zero-order valence-electron chi connectivity index (χ0n) is 10.9. The van der Waals surface area contributed by atoms with Crippen LogP contribution in [0.15, 0.2) is 54.6 Å². The first-order valence-corrected chi connectivity index (χ1v) is 6.59. The van der Waals surface area contributed by atoms with Crippen LogP contribution in [-0.4, -0.2) is 15.0 Å². The molecule has 0 fully saturated rings. The van der Waals surface area contributed by atoms with E-state index in [0.29, 0.717) is 17.3 Å². The summed E-state index contributed by atoms with van der Waals surface area (Å²) in [7, 11) is 0. The Labute approximate surface area is 126 Å². The van der Waals surface area contributed by atoms with Gasteiger partial charge >= 0.3 is 0 Å². The van der Waals surface area contributed by atoms with E-state index in [9.17, 15) is 0 Å². The Hall–Kier alpha value is -2.77. The third-order valence-corrected chi connectivity index (χ3v) is 3.04. The van der Waals surface area contributed by atoms with Gasteiger partial charge in [-0.3, -0.25) is 0 Å². The maximum absolute atomic E-state index is 7.07. The fourth-order valence-corrected chi connectivity index (χ4v) is 2.07. The summed E-state index contributed by atoms with van der Waals surface area (Å²) in [5, 5.41) is 0.132. The molecule has 0 unspecified atom stereocenters. The van der Waals surface area contributed by atoms with Crippen molar-refractivity contribution in [3.05, 3.63) is 71.3 Å². The summed E-state index contributed by atoms with van der Waals surface area (Å²) in [6, 6.07) is 16.7. The van der Waals surface area contributed by atoms with Gasteiger partial charge in [0, 0.05) is 11.1 Å². The van der Waals surface area contributed by atoms with E-state index in [1.54, 1.807) is 18.2 Å². The summed E-state index contributed by atoms with van der Waals surface area (Å²) in [6.45, 7) is 7.07. The topological polar surface area (TPSA) is 43.0 Å². The number of nitrogens with zero attached hydrogens (tertiary/aromatic N) is 4. The molecule has 0 atom stereocenters. The van der Waals surface area contributed by atoms with E-state index in [1.807, 2.05) is 36.4 Å². The van der Waals surface area contributed by atoms with Crippen molar-refractivity contribution < 1.29 is 0 Å². The minimum Gasteiger partial charge on any atom is -0.238 e. The van der Waals surface area contributed by atoms with Crippen molar-refractivity contribution in [2.24, 2.45) is 0 Å². The maximum atomic E-state index is 7.07. The minimum absolute atomic E-state index is 0.132. The molecule has 0 amide bonds. The number of hydrogen-bond acceptors (Lipinski definition) is 3. The van der Waals surface area contributed by atoms with Gasteiger partial charge in [0.25, 0.3) is 0 Å². The lowest BCUT2D eigenvalue weighted by atomic mass is 10.2. The van der Waals surface area contributed by atoms with Crippen LogP contribution in [0.3, 0.4) is 0 Å². The van der Waals surface area contributed by atoms with Crippen molar-refractivity contribution in [3.63, 3.8) is 0 Å². The second-order valence-corrected chi connectivity index (χ2v) is 4.62. The molecule has 0 aliphatic rings. The third-order valence-electron chi connectivity index (χ3n) is 2.87. The summed E-state index contributed by atoms with van der Waals surface area (Å²) in [4.78, 5) is 16.1. The van der Waals surface area contributed by atoms with Crippen LogP contribution in [0, 0.1) is 6.57 Å². The van der Waals surface area contributed by atoms with Gasteiger partial charge in [-0.1, -0.05) is 48.5 Å². The third kappa shape index (κ3) is 2.88. The van der Waals surface area contributed by atoms with E-state index >= 15 is 0 Å². The molecule has 0 radical (unpaired) electrons. The van der Waals surface area contributed by atoms with Gasteiger partial charge in [-0.15, -0.1) is 0 Å². The highest BCUT2D eigenvalue weighted by Gasteiger charge is 2.09. The van der Waals surface area contributed by atoms with Gasteiger partial charge in [-0.2, -0.15) is 9.97 Å². The van der Waals surface area contributed by atoms with Crippen molar-refractivity contribution in [2.75, 3.05) is 0 Å². The molecular formula is C16H9ClN4. The average molecular weight is 293 g/mol. The minimum atomic E-state index is 0.132. The van der Waals surface area contributed by atoms with Crippen LogP contribution in [0.1, 0.15) is 0 Å². The van der Waals surface area contributed by atoms with Crippen molar-refractivity contribution in [1.82, 2.24) is 15.0 Å². The van der Waals surface area contributed by atoms with Crippen LogP contribution >= 0.6 is 11.6 Å². The predicted molar refractivity (Wildman–Crippen MR) is 82.0 cm³/mol. The van der Waals surface area contributed by atoms with Gasteiger partial charge in [0.05, 0.1) is 6.57 Å². The van der Waals surface area contributed by atoms with E-state index in [2.05, 4.69) is 19.8 Å². The second-order valence-electron chi connectivity index (χ2n) is 4.28. The van der Waals surface area contributed by atoms with Crippen molar-refractivity contribution in [1.29, 1.82) is 0 Å². The second kappa shape index (κ2) is 5.70. The Balaban J connectivity index is 2.12. The lowest BCUT2D eigenvalue weighted by Gasteiger charge is -2.05. The number of hydrogen-bond donors (Lipinski definition) is 0. The highest BCUT2D eigenvalue weighted by atomic mass is 35.5. The number of rotatable bonds is 2. The monoisotopic (exact) mass is 292 g/mol. The summed E-state index contributed by atoms with van der Waals surface area (Å²) in [5.74, 6) is 0.971. The molecule has 100 valence electrons. The molecule has 3 rings (SSSR count). The molecule has 0 spiro atoms. The van der Waals surface area contributed by atoms with Crippen LogP contribution in [0.25, 0.3) is 27.6 Å². The van der Waals surface area contributed by atoms with Gasteiger partial charge in [-0.05, 0) is 17.7 Å².